The van der Waals surface area contributed by atoms with Gasteiger partial charge in [0.2, 0.25) is 23.6 Å². The molecule has 0 spiro atoms. The van der Waals surface area contributed by atoms with Crippen LogP contribution in [-0.2, 0) is 37.2 Å². The van der Waals surface area contributed by atoms with Gasteiger partial charge in [0.05, 0.1) is 22.4 Å². The number of oxazole rings is 1. The summed E-state index contributed by atoms with van der Waals surface area (Å²) >= 11 is 28.2. The molecule has 10 aromatic rings. The van der Waals surface area contributed by atoms with Crippen LogP contribution in [0.3, 0.4) is 0 Å². The summed E-state index contributed by atoms with van der Waals surface area (Å²) in [5.41, 5.74) is 9.41. The van der Waals surface area contributed by atoms with E-state index >= 15 is 0 Å². The van der Waals surface area contributed by atoms with E-state index in [9.17, 15) is 14.4 Å². The van der Waals surface area contributed by atoms with Gasteiger partial charge in [0, 0.05) is 129 Å². The third-order valence-electron chi connectivity index (χ3n) is 15.0. The van der Waals surface area contributed by atoms with Crippen molar-refractivity contribution in [3.8, 4) is 11.6 Å². The van der Waals surface area contributed by atoms with Crippen LogP contribution in [0.1, 0.15) is 25.5 Å². The average Bonchev–Trinajstić information content (AvgIpc) is 1.63. The van der Waals surface area contributed by atoms with Crippen LogP contribution < -0.4 is 123 Å². The predicted molar refractivity (Wildman–Crippen MR) is 371 cm³/mol. The summed E-state index contributed by atoms with van der Waals surface area (Å²) in [4.78, 5) is 78.0. The van der Waals surface area contributed by atoms with Crippen LogP contribution in [0.5, 0.6) is 0 Å². The third-order valence-corrected chi connectivity index (χ3v) is 18.1. The number of carbonyl (C=O) groups excluding carboxylic acids is 4. The van der Waals surface area contributed by atoms with Crippen molar-refractivity contribution in [1.29, 1.82) is 0 Å². The largest absolute Gasteiger partial charge is 1.00 e. The number of piperazine rings is 3. The minimum Gasteiger partial charge on any atom is -1.00 e. The molecular weight excluding hydrogens is 1550 g/mol. The summed E-state index contributed by atoms with van der Waals surface area (Å²) in [6, 6.07) is 29.6. The van der Waals surface area contributed by atoms with Gasteiger partial charge in [-0.25, -0.2) is 29.3 Å². The number of fused-ring (bicyclic) bond motifs is 3. The SMILES string of the molecule is C.Cc1cc(N2CCN(C(=O)CCl)CC2)ccc1Cl.Cc1cc(N2CCN(C(=O)Cn3nc(-c4ncco4)c4cccnc43)CC2)ccc1Cl.Cc1cc(N2CCN(C(=O)Cn3nc(I)c4cccnc43)CC2)ccc1Cl.Ic1[nH]nc2ncccc12.O=CO[O-].[H-].[K+].[K+]. The first-order valence-electron chi connectivity index (χ1n) is 28.3. The first-order chi connectivity index (χ1) is 43.5. The number of pyridine rings is 3. The Morgan fingerprint density at radius 1 is 0.591 bits per heavy atom. The molecule has 1 N–H and O–H groups in total. The third kappa shape index (κ3) is 20.7. The average molecular weight is 1620 g/mol. The van der Waals surface area contributed by atoms with Gasteiger partial charge in [-0.2, -0.15) is 15.3 Å². The van der Waals surface area contributed by atoms with Gasteiger partial charge in [0.15, 0.2) is 22.6 Å². The van der Waals surface area contributed by atoms with Crippen molar-refractivity contribution >= 4 is 166 Å². The Labute approximate surface area is 672 Å². The van der Waals surface area contributed by atoms with E-state index in [4.69, 9.17) is 60.9 Å². The van der Waals surface area contributed by atoms with Gasteiger partial charge in [0.25, 0.3) is 6.47 Å². The number of halogens is 6. The molecule has 10 heterocycles. The van der Waals surface area contributed by atoms with E-state index in [0.29, 0.717) is 43.4 Å². The Balaban J connectivity index is 0.000000232. The quantitative estimate of drug-likeness (QED) is 0.0507. The van der Waals surface area contributed by atoms with Crippen molar-refractivity contribution in [2.75, 3.05) is 99.1 Å². The number of hydrogen-bond donors (Lipinski definition) is 1. The van der Waals surface area contributed by atoms with Crippen LogP contribution >= 0.6 is 91.6 Å². The number of nitrogens with zero attached hydrogens (tertiary/aromatic N) is 15. The molecule has 0 atom stereocenters. The van der Waals surface area contributed by atoms with Gasteiger partial charge in [-0.15, -0.1) is 11.6 Å². The Kier molecular flexibility index (Phi) is 31.9. The van der Waals surface area contributed by atoms with Crippen molar-refractivity contribution in [2.24, 2.45) is 0 Å². The molecular formula is C62H66Cl4I2K2N16O7. The smallest absolute Gasteiger partial charge is 1.00 e. The number of amides is 3. The molecule has 13 rings (SSSR count). The number of anilines is 3. The van der Waals surface area contributed by atoms with Gasteiger partial charge in [-0.1, -0.05) is 42.2 Å². The van der Waals surface area contributed by atoms with E-state index in [1.807, 2.05) is 108 Å². The summed E-state index contributed by atoms with van der Waals surface area (Å²) < 4.78 is 10.7. The fourth-order valence-corrected chi connectivity index (χ4v) is 11.9. The van der Waals surface area contributed by atoms with E-state index in [2.05, 4.69) is 123 Å². The zero-order chi connectivity index (χ0) is 63.8. The van der Waals surface area contributed by atoms with Crippen molar-refractivity contribution in [3.05, 3.63) is 161 Å². The first-order valence-corrected chi connectivity index (χ1v) is 32.1. The summed E-state index contributed by atoms with van der Waals surface area (Å²) in [7, 11) is 0. The molecule has 0 radical (unpaired) electrons. The van der Waals surface area contributed by atoms with Crippen LogP contribution in [0.15, 0.2) is 126 Å². The predicted octanol–water partition coefficient (Wildman–Crippen LogP) is 4.03. The van der Waals surface area contributed by atoms with Crippen molar-refractivity contribution in [1.82, 2.24) is 64.4 Å². The molecule has 7 aromatic heterocycles. The zero-order valence-electron chi connectivity index (χ0n) is 52.1. The summed E-state index contributed by atoms with van der Waals surface area (Å²) in [5.74, 6) is 0.592. The van der Waals surface area contributed by atoms with E-state index in [1.165, 1.54) is 6.26 Å². The van der Waals surface area contributed by atoms with Crippen molar-refractivity contribution in [2.45, 2.75) is 41.3 Å². The Bertz CT molecular complexity index is 4100. The number of aromatic nitrogens is 10. The number of nitrogens with one attached hydrogen (secondary N) is 1. The number of aryl methyl sites for hydroxylation is 3. The molecule has 3 amide bonds. The molecule has 3 saturated heterocycles. The topological polar surface area (TPSA) is 249 Å². The molecule has 93 heavy (non-hydrogen) atoms. The zero-order valence-corrected chi connectivity index (χ0v) is 64.6. The normalized spacial score (nSPS) is 13.5. The maximum absolute atomic E-state index is 13.0. The molecule has 0 aliphatic carbocycles. The Morgan fingerprint density at radius 2 is 1.00 bits per heavy atom. The summed E-state index contributed by atoms with van der Waals surface area (Å²) in [6.45, 7) is 15.2. The molecule has 0 bridgehead atoms. The molecule has 0 saturated carbocycles. The number of H-pyrrole nitrogens is 1. The maximum atomic E-state index is 13.0. The fraction of sp³-hybridized carbons (Fsp3) is 0.306. The molecule has 31 heteroatoms. The number of benzene rings is 3. The minimum atomic E-state index is -0.181. The standard InChI is InChI=1S/C22H21ClN6O2.C19H19ClIN5O.C13H16Cl2N2O.C6H4IN3.CH2O3.CH4.2K.H/c1-15-13-16(4-5-18(15)23)27-8-10-28(11-9-27)19(30)14-29-21-17(3-2-6-24-21)20(26-29)22-25-7-12-31-22;1-13-11-14(4-5-16(13)20)24-7-9-25(10-8-24)17(27)12-26-19-15(18(21)23-26)3-2-6-22-19;1-10-8-11(2-3-12(10)15)16-4-6-17(7-5-16)13(18)9-14;7-5-4-2-1-3-8-6(4)10-9-5;2-1-4-3;;;;/h2-7,12-13H,8-11,14H2,1H3;2-6,11H,7-10,12H2,1H3;2-3,8H,4-7,9H2,1H3;1-3H,(H,8,9,10);1,3H;1H4;;;/q;;;;;;2*+1;-1/p-1. The van der Waals surface area contributed by atoms with E-state index < -0.39 is 0 Å². The number of alkyl halides is 1. The molecule has 3 aliphatic rings. The molecule has 23 nitrogen and oxygen atoms in total. The van der Waals surface area contributed by atoms with Crippen LogP contribution in [0.25, 0.3) is 44.7 Å². The number of aromatic amines is 1. The summed E-state index contributed by atoms with van der Waals surface area (Å²) in [5, 5.41) is 29.5. The van der Waals surface area contributed by atoms with E-state index in [1.54, 1.807) is 34.2 Å². The molecule has 480 valence electrons. The number of carbonyl (C=O) groups is 4. The maximum Gasteiger partial charge on any atom is 1.00 e. The molecule has 3 aromatic carbocycles. The van der Waals surface area contributed by atoms with Crippen molar-refractivity contribution < 1.29 is 138 Å². The molecule has 3 aliphatic heterocycles. The second-order valence-electron chi connectivity index (χ2n) is 20.7. The van der Waals surface area contributed by atoms with Crippen LogP contribution in [-0.4, -0.2) is 173 Å². The monoisotopic (exact) mass is 1620 g/mol. The second-order valence-corrected chi connectivity index (χ2v) is 24.3. The van der Waals surface area contributed by atoms with Crippen molar-refractivity contribution in [3.63, 3.8) is 0 Å². The van der Waals surface area contributed by atoms with E-state index in [-0.39, 0.29) is 155 Å². The van der Waals surface area contributed by atoms with Gasteiger partial charge in [-0.05, 0) is 174 Å². The molecule has 0 unspecified atom stereocenters. The number of hydrogen-bond acceptors (Lipinski definition) is 17. The van der Waals surface area contributed by atoms with E-state index in [0.717, 1.165) is 136 Å². The van der Waals surface area contributed by atoms with Gasteiger partial charge >= 0.3 is 103 Å². The second kappa shape index (κ2) is 38.1. The summed E-state index contributed by atoms with van der Waals surface area (Å²) in [6.07, 6.45) is 8.23. The fourth-order valence-electron chi connectivity index (χ4n) is 10.2. The van der Waals surface area contributed by atoms with Gasteiger partial charge in [0.1, 0.15) is 32.6 Å². The Hall–Kier alpha value is -4.14. The van der Waals surface area contributed by atoms with Crippen LogP contribution in [0.2, 0.25) is 15.1 Å². The van der Waals surface area contributed by atoms with Crippen LogP contribution in [0, 0.1) is 28.2 Å². The van der Waals surface area contributed by atoms with Crippen LogP contribution in [0.4, 0.5) is 17.1 Å². The van der Waals surface area contributed by atoms with Gasteiger partial charge in [-0.3, -0.25) is 24.3 Å². The minimum absolute atomic E-state index is 0. The number of rotatable bonds is 10. The first kappa shape index (κ1) is 77.9. The van der Waals surface area contributed by atoms with Gasteiger partial charge < -0.3 is 45.4 Å². The molecule has 3 fully saturated rings. The Morgan fingerprint density at radius 3 is 1.41 bits per heavy atom.